The van der Waals surface area contributed by atoms with Crippen molar-refractivity contribution in [3.63, 3.8) is 0 Å². The van der Waals surface area contributed by atoms with Gasteiger partial charge in [0.25, 0.3) is 0 Å². The summed E-state index contributed by atoms with van der Waals surface area (Å²) in [5.41, 5.74) is 0. The molecule has 0 amide bonds. The second-order valence-electron chi connectivity index (χ2n) is 2.13. The summed E-state index contributed by atoms with van der Waals surface area (Å²) in [4.78, 5) is 0. The molecule has 0 saturated carbocycles. The zero-order valence-electron chi connectivity index (χ0n) is 4.90. The summed E-state index contributed by atoms with van der Waals surface area (Å²) in [6.45, 7) is 3.16. The van der Waals surface area contributed by atoms with Gasteiger partial charge in [-0.3, -0.25) is 5.41 Å². The van der Waals surface area contributed by atoms with Crippen LogP contribution in [0.1, 0.15) is 6.92 Å². The third-order valence-electron chi connectivity index (χ3n) is 1.12. The zero-order valence-corrected chi connectivity index (χ0v) is 5.72. The van der Waals surface area contributed by atoms with E-state index in [1.54, 1.807) is 11.8 Å². The number of thioether (sulfide) groups is 1. The van der Waals surface area contributed by atoms with Crippen molar-refractivity contribution < 1.29 is 0 Å². The molecule has 2 nitrogen and oxygen atoms in total. The van der Waals surface area contributed by atoms with Crippen LogP contribution in [0.5, 0.6) is 0 Å². The Morgan fingerprint density at radius 1 is 1.88 bits per heavy atom. The number of hydrogen-bond acceptors (Lipinski definition) is 2. The van der Waals surface area contributed by atoms with Gasteiger partial charge in [0, 0.05) is 12.3 Å². The van der Waals surface area contributed by atoms with Gasteiger partial charge in [-0.15, -0.1) is 0 Å². The van der Waals surface area contributed by atoms with Gasteiger partial charge in [-0.25, -0.2) is 0 Å². The molecule has 8 heavy (non-hydrogen) atoms. The van der Waals surface area contributed by atoms with Crippen LogP contribution in [0, 0.1) is 11.3 Å². The fourth-order valence-corrected chi connectivity index (χ4v) is 1.36. The van der Waals surface area contributed by atoms with Crippen molar-refractivity contribution in [3.8, 4) is 0 Å². The summed E-state index contributed by atoms with van der Waals surface area (Å²) in [5.74, 6) is 1.83. The quantitative estimate of drug-likeness (QED) is 0.511. The van der Waals surface area contributed by atoms with Crippen LogP contribution in [0.4, 0.5) is 0 Å². The van der Waals surface area contributed by atoms with E-state index in [0.29, 0.717) is 5.17 Å². The van der Waals surface area contributed by atoms with Crippen molar-refractivity contribution in [3.05, 3.63) is 0 Å². The highest BCUT2D eigenvalue weighted by molar-refractivity contribution is 8.13. The molecular formula is C5H10N2S. The van der Waals surface area contributed by atoms with Crippen molar-refractivity contribution >= 4 is 16.9 Å². The first-order chi connectivity index (χ1) is 3.79. The van der Waals surface area contributed by atoms with Crippen LogP contribution in [-0.2, 0) is 0 Å². The van der Waals surface area contributed by atoms with Crippen LogP contribution < -0.4 is 5.32 Å². The van der Waals surface area contributed by atoms with E-state index in [2.05, 4.69) is 12.2 Å². The number of hydrogen-bond donors (Lipinski definition) is 2. The average Bonchev–Trinajstić information content (AvgIpc) is 1.77. The molecule has 1 saturated heterocycles. The maximum Gasteiger partial charge on any atom is 0.153 e. The van der Waals surface area contributed by atoms with E-state index in [4.69, 9.17) is 5.41 Å². The van der Waals surface area contributed by atoms with Gasteiger partial charge in [0.15, 0.2) is 5.17 Å². The monoisotopic (exact) mass is 130 g/mol. The summed E-state index contributed by atoms with van der Waals surface area (Å²) in [5, 5.41) is 10.7. The van der Waals surface area contributed by atoms with Gasteiger partial charge in [0.1, 0.15) is 0 Å². The summed E-state index contributed by atoms with van der Waals surface area (Å²) in [6.07, 6.45) is 0. The number of amidine groups is 1. The largest absolute Gasteiger partial charge is 0.365 e. The highest BCUT2D eigenvalue weighted by atomic mass is 32.2. The minimum absolute atomic E-state index is 0.628. The Bertz CT molecular complexity index is 92.6. The topological polar surface area (TPSA) is 35.9 Å². The van der Waals surface area contributed by atoms with Gasteiger partial charge in [0.05, 0.1) is 0 Å². The van der Waals surface area contributed by atoms with Gasteiger partial charge < -0.3 is 5.32 Å². The Morgan fingerprint density at radius 3 is 3.00 bits per heavy atom. The zero-order chi connectivity index (χ0) is 5.98. The maximum atomic E-state index is 7.13. The van der Waals surface area contributed by atoms with Gasteiger partial charge in [0.2, 0.25) is 0 Å². The molecule has 1 heterocycles. The maximum absolute atomic E-state index is 7.13. The molecule has 1 aliphatic heterocycles. The molecule has 0 aromatic carbocycles. The van der Waals surface area contributed by atoms with Crippen LogP contribution in [0.15, 0.2) is 0 Å². The lowest BCUT2D eigenvalue weighted by molar-refractivity contribution is 0.629. The molecular weight excluding hydrogens is 120 g/mol. The molecule has 0 aromatic rings. The molecule has 1 atom stereocenters. The fraction of sp³-hybridized carbons (Fsp3) is 0.800. The van der Waals surface area contributed by atoms with Crippen LogP contribution in [-0.4, -0.2) is 17.5 Å². The molecule has 0 aromatic heterocycles. The van der Waals surface area contributed by atoms with Crippen LogP contribution in [0.2, 0.25) is 0 Å². The lowest BCUT2D eigenvalue weighted by Crippen LogP contribution is -2.32. The van der Waals surface area contributed by atoms with E-state index in [-0.39, 0.29) is 0 Å². The average molecular weight is 130 g/mol. The van der Waals surface area contributed by atoms with Gasteiger partial charge in [-0.05, 0) is 5.92 Å². The summed E-state index contributed by atoms with van der Waals surface area (Å²) < 4.78 is 0. The highest BCUT2D eigenvalue weighted by Crippen LogP contribution is 2.11. The van der Waals surface area contributed by atoms with Crippen molar-refractivity contribution in [1.82, 2.24) is 5.32 Å². The number of rotatable bonds is 0. The molecule has 1 fully saturated rings. The second-order valence-corrected chi connectivity index (χ2v) is 3.16. The third kappa shape index (κ3) is 1.40. The van der Waals surface area contributed by atoms with E-state index in [9.17, 15) is 0 Å². The first kappa shape index (κ1) is 5.95. The minimum atomic E-state index is 0.628. The fourth-order valence-electron chi connectivity index (χ4n) is 0.602. The minimum Gasteiger partial charge on any atom is -0.365 e. The summed E-state index contributed by atoms with van der Waals surface area (Å²) in [6, 6.07) is 0. The van der Waals surface area contributed by atoms with Gasteiger partial charge in [-0.1, -0.05) is 18.7 Å². The second kappa shape index (κ2) is 2.40. The Kier molecular flexibility index (Phi) is 1.78. The molecule has 0 aliphatic carbocycles. The van der Waals surface area contributed by atoms with Gasteiger partial charge in [-0.2, -0.15) is 0 Å². The van der Waals surface area contributed by atoms with Crippen molar-refractivity contribution in [2.45, 2.75) is 6.92 Å². The normalized spacial score (nSPS) is 29.6. The van der Waals surface area contributed by atoms with Crippen molar-refractivity contribution in [1.29, 1.82) is 5.41 Å². The molecule has 0 bridgehead atoms. The first-order valence-corrected chi connectivity index (χ1v) is 3.73. The van der Waals surface area contributed by atoms with Crippen LogP contribution >= 0.6 is 11.8 Å². The van der Waals surface area contributed by atoms with E-state index < -0.39 is 0 Å². The van der Waals surface area contributed by atoms with Gasteiger partial charge >= 0.3 is 0 Å². The Hall–Kier alpha value is -0.180. The molecule has 3 heteroatoms. The first-order valence-electron chi connectivity index (χ1n) is 2.74. The predicted octanol–water partition coefficient (Wildman–Crippen LogP) is 0.894. The Balaban J connectivity index is 2.29. The molecule has 0 radical (unpaired) electrons. The predicted molar refractivity (Wildman–Crippen MR) is 37.4 cm³/mol. The van der Waals surface area contributed by atoms with Crippen molar-refractivity contribution in [2.24, 2.45) is 5.92 Å². The third-order valence-corrected chi connectivity index (χ3v) is 2.29. The standard InChI is InChI=1S/C5H10N2S/c1-4-2-7-5(6)8-3-4/h4H,2-3H2,1H3,(H2,6,7). The molecule has 2 N–H and O–H groups in total. The molecule has 0 spiro atoms. The Labute approximate surface area is 53.6 Å². The molecule has 46 valence electrons. The van der Waals surface area contributed by atoms with E-state index in [1.807, 2.05) is 0 Å². The summed E-state index contributed by atoms with van der Waals surface area (Å²) >= 11 is 1.60. The smallest absolute Gasteiger partial charge is 0.153 e. The number of nitrogens with one attached hydrogen (secondary N) is 2. The summed E-state index contributed by atoms with van der Waals surface area (Å²) in [7, 11) is 0. The lowest BCUT2D eigenvalue weighted by Gasteiger charge is -2.18. The molecule has 1 rings (SSSR count). The molecule has 1 unspecified atom stereocenters. The lowest BCUT2D eigenvalue weighted by atomic mass is 10.2. The van der Waals surface area contributed by atoms with Crippen LogP contribution in [0.3, 0.4) is 0 Å². The Morgan fingerprint density at radius 2 is 2.62 bits per heavy atom. The molecule has 1 aliphatic rings. The van der Waals surface area contributed by atoms with E-state index in [0.717, 1.165) is 18.2 Å². The SMILES string of the molecule is CC1CNC(=N)SC1. The van der Waals surface area contributed by atoms with Crippen molar-refractivity contribution in [2.75, 3.05) is 12.3 Å². The van der Waals surface area contributed by atoms with Crippen LogP contribution in [0.25, 0.3) is 0 Å². The van der Waals surface area contributed by atoms with E-state index >= 15 is 0 Å². The highest BCUT2D eigenvalue weighted by Gasteiger charge is 2.10. The van der Waals surface area contributed by atoms with E-state index in [1.165, 1.54) is 0 Å².